The third kappa shape index (κ3) is 2.02. The van der Waals surface area contributed by atoms with Crippen LogP contribution in [0.2, 0.25) is 0 Å². The highest BCUT2D eigenvalue weighted by Crippen LogP contribution is 2.53. The molecular formula is C17H13ClO6. The van der Waals surface area contributed by atoms with Gasteiger partial charge in [-0.05, 0) is 18.1 Å². The SMILES string of the molecule is Cc1ccc2c(c1)C1C(=O)OC(=O)C1C(Cl)C2C1CC(=O)OC1=O. The van der Waals surface area contributed by atoms with Crippen molar-refractivity contribution in [2.75, 3.05) is 0 Å². The zero-order chi connectivity index (χ0) is 17.2. The minimum absolute atomic E-state index is 0.0829. The summed E-state index contributed by atoms with van der Waals surface area (Å²) in [6.07, 6.45) is -0.0829. The van der Waals surface area contributed by atoms with Crippen LogP contribution in [0.25, 0.3) is 0 Å². The highest BCUT2D eigenvalue weighted by atomic mass is 35.5. The van der Waals surface area contributed by atoms with E-state index in [9.17, 15) is 19.2 Å². The van der Waals surface area contributed by atoms with Crippen molar-refractivity contribution >= 4 is 35.5 Å². The Morgan fingerprint density at radius 3 is 2.38 bits per heavy atom. The molecule has 1 aromatic rings. The lowest BCUT2D eigenvalue weighted by Crippen LogP contribution is -2.40. The van der Waals surface area contributed by atoms with Crippen LogP contribution in [0, 0.1) is 18.8 Å². The fourth-order valence-corrected chi connectivity index (χ4v) is 4.57. The number of carbonyl (C=O) groups excluding carboxylic acids is 4. The molecule has 2 fully saturated rings. The normalized spacial score (nSPS) is 34.7. The summed E-state index contributed by atoms with van der Waals surface area (Å²) in [7, 11) is 0. The van der Waals surface area contributed by atoms with Crippen LogP contribution in [0.15, 0.2) is 18.2 Å². The molecule has 24 heavy (non-hydrogen) atoms. The Bertz CT molecular complexity index is 800. The first-order valence-electron chi connectivity index (χ1n) is 7.63. The minimum atomic E-state index is -0.859. The van der Waals surface area contributed by atoms with Gasteiger partial charge in [-0.2, -0.15) is 0 Å². The number of halogens is 1. The standard InChI is InChI=1S/C17H13ClO6/c1-6-2-3-7-8(4-6)12-13(17(22)24-16(12)21)14(18)11(7)9-5-10(19)23-15(9)20/h2-4,9,11-14H,5H2,1H3. The third-order valence-corrected chi connectivity index (χ3v) is 5.59. The third-order valence-electron chi connectivity index (χ3n) is 5.05. The molecule has 1 aliphatic carbocycles. The zero-order valence-electron chi connectivity index (χ0n) is 12.7. The number of cyclic esters (lactones) is 4. The molecule has 6 nitrogen and oxygen atoms in total. The minimum Gasteiger partial charge on any atom is -0.393 e. The molecule has 4 rings (SSSR count). The highest BCUT2D eigenvalue weighted by Gasteiger charge is 2.58. The fraction of sp³-hybridized carbons (Fsp3) is 0.412. The predicted octanol–water partition coefficient (Wildman–Crippen LogP) is 1.57. The van der Waals surface area contributed by atoms with Gasteiger partial charge in [0.1, 0.15) is 0 Å². The smallest absolute Gasteiger partial charge is 0.322 e. The van der Waals surface area contributed by atoms with Gasteiger partial charge < -0.3 is 9.47 Å². The van der Waals surface area contributed by atoms with Gasteiger partial charge in [0.25, 0.3) is 0 Å². The molecule has 0 amide bonds. The van der Waals surface area contributed by atoms with E-state index in [1.807, 2.05) is 19.1 Å². The van der Waals surface area contributed by atoms with Gasteiger partial charge in [0.15, 0.2) is 0 Å². The Kier molecular flexibility index (Phi) is 3.28. The monoisotopic (exact) mass is 348 g/mol. The van der Waals surface area contributed by atoms with Crippen LogP contribution in [-0.2, 0) is 28.7 Å². The van der Waals surface area contributed by atoms with Crippen LogP contribution < -0.4 is 0 Å². The lowest BCUT2D eigenvalue weighted by Gasteiger charge is -2.37. The number of rotatable bonds is 1. The largest absolute Gasteiger partial charge is 0.393 e. The van der Waals surface area contributed by atoms with Gasteiger partial charge in [-0.25, -0.2) is 0 Å². The molecule has 5 unspecified atom stereocenters. The van der Waals surface area contributed by atoms with Crippen LogP contribution >= 0.6 is 11.6 Å². The van der Waals surface area contributed by atoms with Gasteiger partial charge in [0.05, 0.1) is 29.6 Å². The van der Waals surface area contributed by atoms with Gasteiger partial charge in [0, 0.05) is 5.92 Å². The van der Waals surface area contributed by atoms with Gasteiger partial charge in [0.2, 0.25) is 0 Å². The number of hydrogen-bond donors (Lipinski definition) is 0. The fourth-order valence-electron chi connectivity index (χ4n) is 4.01. The molecular weight excluding hydrogens is 336 g/mol. The number of carbonyl (C=O) groups is 4. The molecule has 0 radical (unpaired) electrons. The van der Waals surface area contributed by atoms with Crippen molar-refractivity contribution in [3.63, 3.8) is 0 Å². The van der Waals surface area contributed by atoms with E-state index in [1.54, 1.807) is 6.07 Å². The Labute approximate surface area is 142 Å². The first kappa shape index (κ1) is 15.3. The van der Waals surface area contributed by atoms with Gasteiger partial charge in [-0.15, -0.1) is 11.6 Å². The number of fused-ring (bicyclic) bond motifs is 3. The first-order chi connectivity index (χ1) is 11.4. The molecule has 0 bridgehead atoms. The molecule has 0 spiro atoms. The molecule has 5 atom stereocenters. The highest BCUT2D eigenvalue weighted by molar-refractivity contribution is 6.24. The van der Waals surface area contributed by atoms with Crippen molar-refractivity contribution in [1.82, 2.24) is 0 Å². The Hall–Kier alpha value is -2.21. The summed E-state index contributed by atoms with van der Waals surface area (Å²) < 4.78 is 9.44. The molecule has 124 valence electrons. The van der Waals surface area contributed by atoms with E-state index in [4.69, 9.17) is 16.3 Å². The maximum atomic E-state index is 12.1. The number of hydrogen-bond acceptors (Lipinski definition) is 6. The van der Waals surface area contributed by atoms with Crippen LogP contribution in [0.5, 0.6) is 0 Å². The summed E-state index contributed by atoms with van der Waals surface area (Å²) in [5.41, 5.74) is 2.26. The van der Waals surface area contributed by atoms with E-state index in [-0.39, 0.29) is 6.42 Å². The van der Waals surface area contributed by atoms with Crippen molar-refractivity contribution in [1.29, 1.82) is 0 Å². The average molecular weight is 349 g/mol. The van der Waals surface area contributed by atoms with E-state index in [0.29, 0.717) is 11.1 Å². The zero-order valence-corrected chi connectivity index (χ0v) is 13.4. The molecule has 7 heteroatoms. The number of aryl methyl sites for hydroxylation is 1. The van der Waals surface area contributed by atoms with Crippen LogP contribution in [0.3, 0.4) is 0 Å². The maximum absolute atomic E-state index is 12.1. The van der Waals surface area contributed by atoms with Crippen LogP contribution in [0.1, 0.15) is 34.9 Å². The molecule has 0 N–H and O–H groups in total. The molecule has 2 saturated heterocycles. The number of alkyl halides is 1. The van der Waals surface area contributed by atoms with Gasteiger partial charge >= 0.3 is 23.9 Å². The van der Waals surface area contributed by atoms with Crippen molar-refractivity contribution in [3.8, 4) is 0 Å². The number of benzene rings is 1. The molecule has 2 heterocycles. The number of ether oxygens (including phenoxy) is 2. The van der Waals surface area contributed by atoms with E-state index in [0.717, 1.165) is 5.56 Å². The summed E-state index contributed by atoms with van der Waals surface area (Å²) >= 11 is 6.53. The summed E-state index contributed by atoms with van der Waals surface area (Å²) in [5.74, 6) is -5.51. The second kappa shape index (κ2) is 5.14. The lowest BCUT2D eigenvalue weighted by atomic mass is 9.66. The molecule has 0 aromatic heterocycles. The van der Waals surface area contributed by atoms with E-state index in [2.05, 4.69) is 4.74 Å². The van der Waals surface area contributed by atoms with Crippen molar-refractivity contribution in [2.24, 2.45) is 11.8 Å². The molecule has 3 aliphatic rings. The lowest BCUT2D eigenvalue weighted by molar-refractivity contribution is -0.155. The first-order valence-corrected chi connectivity index (χ1v) is 8.06. The van der Waals surface area contributed by atoms with Crippen LogP contribution in [-0.4, -0.2) is 29.3 Å². The summed E-state index contributed by atoms with van der Waals surface area (Å²) in [4.78, 5) is 47.8. The maximum Gasteiger partial charge on any atom is 0.322 e. The van der Waals surface area contributed by atoms with Crippen LogP contribution in [0.4, 0.5) is 0 Å². The molecule has 1 aromatic carbocycles. The predicted molar refractivity (Wildman–Crippen MR) is 80.1 cm³/mol. The van der Waals surface area contributed by atoms with Gasteiger partial charge in [-0.1, -0.05) is 23.8 Å². The van der Waals surface area contributed by atoms with E-state index < -0.39 is 52.9 Å². The van der Waals surface area contributed by atoms with Crippen molar-refractivity contribution < 1.29 is 28.7 Å². The quantitative estimate of drug-likeness (QED) is 0.435. The summed E-state index contributed by atoms with van der Waals surface area (Å²) in [6.45, 7) is 1.87. The van der Waals surface area contributed by atoms with Gasteiger partial charge in [-0.3, -0.25) is 19.2 Å². The summed E-state index contributed by atoms with van der Waals surface area (Å²) in [6, 6.07) is 5.46. The second-order valence-corrected chi connectivity index (χ2v) is 6.95. The topological polar surface area (TPSA) is 86.7 Å². The van der Waals surface area contributed by atoms with Crippen molar-refractivity contribution in [3.05, 3.63) is 34.9 Å². The van der Waals surface area contributed by atoms with E-state index >= 15 is 0 Å². The number of esters is 4. The Morgan fingerprint density at radius 2 is 1.71 bits per heavy atom. The Balaban J connectivity index is 1.89. The second-order valence-electron chi connectivity index (χ2n) is 6.45. The van der Waals surface area contributed by atoms with Crippen molar-refractivity contribution in [2.45, 2.75) is 30.6 Å². The van der Waals surface area contributed by atoms with E-state index in [1.165, 1.54) is 0 Å². The Morgan fingerprint density at radius 1 is 0.958 bits per heavy atom. The average Bonchev–Trinajstić information content (AvgIpc) is 2.99. The molecule has 0 saturated carbocycles. The summed E-state index contributed by atoms with van der Waals surface area (Å²) in [5, 5.41) is -0.826. The molecule has 2 aliphatic heterocycles.